The number of hydrogen-bond donors (Lipinski definition) is 2. The van der Waals surface area contributed by atoms with Crippen LogP contribution < -0.4 is 15.0 Å². The quantitative estimate of drug-likeness (QED) is 0.553. The molecule has 6 rings (SSSR count). The number of piperidine rings is 1. The van der Waals surface area contributed by atoms with Crippen molar-refractivity contribution in [3.63, 3.8) is 0 Å². The van der Waals surface area contributed by atoms with Crippen molar-refractivity contribution in [2.24, 2.45) is 0 Å². The molecule has 3 aromatic rings. The Morgan fingerprint density at radius 1 is 0.974 bits per heavy atom. The summed E-state index contributed by atoms with van der Waals surface area (Å²) in [6.45, 7) is 3.55. The lowest BCUT2D eigenvalue weighted by Gasteiger charge is -2.38. The fourth-order valence-electron chi connectivity index (χ4n) is 5.83. The van der Waals surface area contributed by atoms with Gasteiger partial charge in [0.2, 0.25) is 0 Å². The van der Waals surface area contributed by atoms with Crippen LogP contribution in [0.5, 0.6) is 5.75 Å². The second kappa shape index (κ2) is 10.4. The number of benzene rings is 1. The van der Waals surface area contributed by atoms with Gasteiger partial charge in [0.25, 0.3) is 5.91 Å². The Kier molecular flexibility index (Phi) is 6.61. The highest BCUT2D eigenvalue weighted by Gasteiger charge is 2.31. The highest BCUT2D eigenvalue weighted by molar-refractivity contribution is 5.93. The first-order valence-corrected chi connectivity index (χ1v) is 13.3. The lowest BCUT2D eigenvalue weighted by molar-refractivity contribution is 0.0756. The van der Waals surface area contributed by atoms with Crippen molar-refractivity contribution in [1.82, 2.24) is 24.8 Å². The van der Waals surface area contributed by atoms with Crippen LogP contribution in [-0.2, 0) is 19.3 Å². The predicted molar refractivity (Wildman–Crippen MR) is 144 cm³/mol. The zero-order valence-corrected chi connectivity index (χ0v) is 21.7. The smallest absolute Gasteiger partial charge is 0.322 e. The van der Waals surface area contributed by atoms with E-state index in [0.29, 0.717) is 25.3 Å². The number of carbonyl (C=O) groups is 2. The second-order valence-corrected chi connectivity index (χ2v) is 10.1. The van der Waals surface area contributed by atoms with Gasteiger partial charge in [-0.1, -0.05) is 0 Å². The van der Waals surface area contributed by atoms with Crippen molar-refractivity contribution in [3.8, 4) is 5.75 Å². The van der Waals surface area contributed by atoms with Gasteiger partial charge in [-0.2, -0.15) is 0 Å². The van der Waals surface area contributed by atoms with Gasteiger partial charge in [0.1, 0.15) is 23.6 Å². The fourth-order valence-corrected chi connectivity index (χ4v) is 5.83. The van der Waals surface area contributed by atoms with E-state index in [1.54, 1.807) is 7.11 Å². The average Bonchev–Trinajstić information content (AvgIpc) is 3.22. The number of aromatic amines is 1. The van der Waals surface area contributed by atoms with E-state index >= 15 is 0 Å². The van der Waals surface area contributed by atoms with E-state index in [0.717, 1.165) is 68.0 Å². The summed E-state index contributed by atoms with van der Waals surface area (Å²) >= 11 is 0. The van der Waals surface area contributed by atoms with E-state index in [-0.39, 0.29) is 18.0 Å². The topological polar surface area (TPSA) is 107 Å². The highest BCUT2D eigenvalue weighted by Crippen LogP contribution is 2.28. The molecule has 3 aliphatic rings. The monoisotopic (exact) mass is 515 g/mol. The van der Waals surface area contributed by atoms with Crippen molar-refractivity contribution in [2.75, 3.05) is 50.1 Å². The Labute approximate surface area is 222 Å². The van der Waals surface area contributed by atoms with E-state index in [1.165, 1.54) is 17.6 Å². The van der Waals surface area contributed by atoms with Gasteiger partial charge in [-0.25, -0.2) is 14.8 Å². The maximum absolute atomic E-state index is 13.3. The molecule has 3 aliphatic heterocycles. The average molecular weight is 516 g/mol. The van der Waals surface area contributed by atoms with Gasteiger partial charge in [0.15, 0.2) is 0 Å². The Morgan fingerprint density at radius 3 is 2.63 bits per heavy atom. The van der Waals surface area contributed by atoms with Gasteiger partial charge in [-0.15, -0.1) is 0 Å². The van der Waals surface area contributed by atoms with Crippen molar-refractivity contribution in [3.05, 3.63) is 65.4 Å². The third kappa shape index (κ3) is 4.78. The molecule has 1 saturated heterocycles. The van der Waals surface area contributed by atoms with Crippen LogP contribution in [0.15, 0.2) is 42.9 Å². The van der Waals surface area contributed by atoms with Gasteiger partial charge in [-0.05, 0) is 61.1 Å². The number of hydrogen-bond acceptors (Lipinski definition) is 6. The minimum Gasteiger partial charge on any atom is -0.497 e. The van der Waals surface area contributed by atoms with E-state index in [1.807, 2.05) is 40.3 Å². The predicted octanol–water partition coefficient (Wildman–Crippen LogP) is 3.11. The van der Waals surface area contributed by atoms with Crippen LogP contribution in [0.4, 0.5) is 16.3 Å². The third-order valence-corrected chi connectivity index (χ3v) is 8.04. The van der Waals surface area contributed by atoms with Crippen LogP contribution in [0.25, 0.3) is 0 Å². The van der Waals surface area contributed by atoms with Crippen LogP contribution in [0.2, 0.25) is 0 Å². The minimum absolute atomic E-state index is 0.0499. The SMILES string of the molecule is COc1ccc2c(c1)CCN(C1CCN(c3cc(C(=O)N4CCc5cc[nH]c5CC4)ncn3)CC1)C(=O)N2. The molecule has 0 unspecified atom stereocenters. The second-order valence-electron chi connectivity index (χ2n) is 10.1. The lowest BCUT2D eigenvalue weighted by atomic mass is 10.0. The maximum atomic E-state index is 13.3. The summed E-state index contributed by atoms with van der Waals surface area (Å²) in [6, 6.07) is 9.80. The zero-order valence-electron chi connectivity index (χ0n) is 21.7. The molecule has 10 nitrogen and oxygen atoms in total. The Morgan fingerprint density at radius 2 is 1.79 bits per heavy atom. The molecular formula is C28H33N7O3. The zero-order chi connectivity index (χ0) is 26.1. The number of aromatic nitrogens is 3. The maximum Gasteiger partial charge on any atom is 0.322 e. The third-order valence-electron chi connectivity index (χ3n) is 8.04. The molecule has 0 spiro atoms. The van der Waals surface area contributed by atoms with Crippen LogP contribution in [0.1, 0.15) is 40.2 Å². The number of nitrogens with one attached hydrogen (secondary N) is 2. The van der Waals surface area contributed by atoms with Crippen LogP contribution >= 0.6 is 0 Å². The first kappa shape index (κ1) is 24.3. The molecule has 0 atom stereocenters. The largest absolute Gasteiger partial charge is 0.497 e. The summed E-state index contributed by atoms with van der Waals surface area (Å²) in [5.41, 5.74) is 4.88. The number of carbonyl (C=O) groups excluding carboxylic acids is 2. The van der Waals surface area contributed by atoms with E-state index < -0.39 is 0 Å². The highest BCUT2D eigenvalue weighted by atomic mass is 16.5. The number of ether oxygens (including phenoxy) is 1. The van der Waals surface area contributed by atoms with E-state index in [2.05, 4.69) is 31.2 Å². The van der Waals surface area contributed by atoms with Gasteiger partial charge in [-0.3, -0.25) is 4.79 Å². The number of urea groups is 1. The lowest BCUT2D eigenvalue weighted by Crippen LogP contribution is -2.49. The molecule has 5 heterocycles. The molecule has 10 heteroatoms. The molecular weight excluding hydrogens is 482 g/mol. The summed E-state index contributed by atoms with van der Waals surface area (Å²) in [7, 11) is 1.65. The minimum atomic E-state index is -0.0501. The number of H-pyrrole nitrogens is 1. The summed E-state index contributed by atoms with van der Waals surface area (Å²) in [4.78, 5) is 44.4. The number of nitrogens with zero attached hydrogens (tertiary/aromatic N) is 5. The summed E-state index contributed by atoms with van der Waals surface area (Å²) < 4.78 is 5.35. The van der Waals surface area contributed by atoms with Crippen molar-refractivity contribution in [2.45, 2.75) is 38.1 Å². The Bertz CT molecular complexity index is 1310. The van der Waals surface area contributed by atoms with E-state index in [9.17, 15) is 9.59 Å². The summed E-state index contributed by atoms with van der Waals surface area (Å²) in [6.07, 6.45) is 7.58. The summed E-state index contributed by atoms with van der Waals surface area (Å²) in [5, 5.41) is 3.08. The van der Waals surface area contributed by atoms with Crippen LogP contribution in [0.3, 0.4) is 0 Å². The number of rotatable bonds is 4. The van der Waals surface area contributed by atoms with Crippen LogP contribution in [0, 0.1) is 0 Å². The molecule has 1 fully saturated rings. The molecule has 2 N–H and O–H groups in total. The number of fused-ring (bicyclic) bond motifs is 2. The molecule has 1 aromatic carbocycles. The Balaban J connectivity index is 1.08. The number of methoxy groups -OCH3 is 1. The van der Waals surface area contributed by atoms with Gasteiger partial charge < -0.3 is 29.7 Å². The van der Waals surface area contributed by atoms with Gasteiger partial charge >= 0.3 is 6.03 Å². The molecule has 0 saturated carbocycles. The molecule has 0 radical (unpaired) electrons. The molecule has 2 aromatic heterocycles. The molecule has 0 aliphatic carbocycles. The van der Waals surface area contributed by atoms with Crippen LogP contribution in [-0.4, -0.2) is 82.6 Å². The molecule has 0 bridgehead atoms. The fraction of sp³-hybridized carbons (Fsp3) is 0.429. The molecule has 3 amide bonds. The first-order chi connectivity index (χ1) is 18.6. The first-order valence-electron chi connectivity index (χ1n) is 13.3. The van der Waals surface area contributed by atoms with Gasteiger partial charge in [0, 0.05) is 68.8 Å². The normalized spacial score (nSPS) is 18.2. The molecule has 198 valence electrons. The Hall–Kier alpha value is -4.08. The van der Waals surface area contributed by atoms with Crippen molar-refractivity contribution in [1.29, 1.82) is 0 Å². The summed E-state index contributed by atoms with van der Waals surface area (Å²) in [5.74, 6) is 1.51. The van der Waals surface area contributed by atoms with Crippen molar-refractivity contribution < 1.29 is 14.3 Å². The van der Waals surface area contributed by atoms with Crippen molar-refractivity contribution >= 4 is 23.4 Å². The van der Waals surface area contributed by atoms with Gasteiger partial charge in [0.05, 0.1) is 7.11 Å². The van der Waals surface area contributed by atoms with E-state index in [4.69, 9.17) is 4.74 Å². The number of amides is 3. The number of anilines is 2. The molecule has 38 heavy (non-hydrogen) atoms. The standard InChI is InChI=1S/C28H33N7O3/c1-38-22-2-3-24-20(16-22)6-15-35(28(37)32-24)21-7-12-33(13-8-21)26-17-25(30-18-31-26)27(36)34-11-5-19-4-10-29-23(19)9-14-34/h2-4,10,16-18,21,29H,5-9,11-15H2,1H3,(H,32,37).